The summed E-state index contributed by atoms with van der Waals surface area (Å²) in [6.45, 7) is 1.83. The van der Waals surface area contributed by atoms with Crippen molar-refractivity contribution in [1.82, 2.24) is 4.98 Å². The number of alkyl halides is 3. The highest BCUT2D eigenvalue weighted by Crippen LogP contribution is 2.31. The second kappa shape index (κ2) is 6.99. The van der Waals surface area contributed by atoms with Crippen LogP contribution < -0.4 is 0 Å². The Balaban J connectivity index is 3.18. The van der Waals surface area contributed by atoms with Crippen molar-refractivity contribution in [3.63, 3.8) is 0 Å². The van der Waals surface area contributed by atoms with Crippen LogP contribution in [-0.2, 0) is 21.3 Å². The molecule has 0 bridgehead atoms. The summed E-state index contributed by atoms with van der Waals surface area (Å²) in [5.41, 5.74) is -0.0457. The number of rotatable bonds is 5. The minimum Gasteiger partial charge on any atom is -0.466 e. The third kappa shape index (κ3) is 3.62. The SMILES string of the molecule is CCOC(=O)Cc1c(Cl)cnc(CBr)c1C(F)F. The lowest BCUT2D eigenvalue weighted by atomic mass is 10.0. The zero-order valence-electron chi connectivity index (χ0n) is 9.55. The van der Waals surface area contributed by atoms with Crippen LogP contribution in [0.5, 0.6) is 0 Å². The number of ether oxygens (including phenoxy) is 1. The molecule has 0 aromatic carbocycles. The molecule has 0 saturated heterocycles. The Labute approximate surface area is 117 Å². The zero-order chi connectivity index (χ0) is 13.7. The second-order valence-corrected chi connectivity index (χ2v) is 4.33. The second-order valence-electron chi connectivity index (χ2n) is 3.36. The number of aromatic nitrogens is 1. The lowest BCUT2D eigenvalue weighted by molar-refractivity contribution is -0.142. The van der Waals surface area contributed by atoms with Gasteiger partial charge in [0.2, 0.25) is 0 Å². The molecule has 100 valence electrons. The third-order valence-electron chi connectivity index (χ3n) is 2.23. The predicted octanol–water partition coefficient (Wildman–Crippen LogP) is 3.67. The molecule has 0 radical (unpaired) electrons. The Bertz CT molecular complexity index is 443. The van der Waals surface area contributed by atoms with Crippen molar-refractivity contribution in [3.05, 3.63) is 28.0 Å². The van der Waals surface area contributed by atoms with E-state index < -0.39 is 12.4 Å². The van der Waals surface area contributed by atoms with Gasteiger partial charge in [-0.15, -0.1) is 0 Å². The Kier molecular flexibility index (Phi) is 5.95. The van der Waals surface area contributed by atoms with Crippen LogP contribution in [0.3, 0.4) is 0 Å². The van der Waals surface area contributed by atoms with E-state index in [0.29, 0.717) is 0 Å². The first-order valence-corrected chi connectivity index (χ1v) is 6.67. The lowest BCUT2D eigenvalue weighted by Gasteiger charge is -2.13. The number of carbonyl (C=O) groups excluding carboxylic acids is 1. The Morgan fingerprint density at radius 3 is 2.78 bits per heavy atom. The fourth-order valence-electron chi connectivity index (χ4n) is 1.49. The summed E-state index contributed by atoms with van der Waals surface area (Å²) in [6.07, 6.45) is -1.76. The Hall–Kier alpha value is -0.750. The molecule has 1 aromatic heterocycles. The molecule has 1 aromatic rings. The van der Waals surface area contributed by atoms with Gasteiger partial charge in [0, 0.05) is 17.1 Å². The fourth-order valence-corrected chi connectivity index (χ4v) is 2.15. The molecule has 0 atom stereocenters. The van der Waals surface area contributed by atoms with Gasteiger partial charge < -0.3 is 4.74 Å². The molecule has 0 aliphatic rings. The number of halogens is 4. The van der Waals surface area contributed by atoms with Crippen LogP contribution in [0.1, 0.15) is 30.2 Å². The summed E-state index contributed by atoms with van der Waals surface area (Å²) in [5.74, 6) is -0.590. The van der Waals surface area contributed by atoms with Crippen molar-refractivity contribution in [1.29, 1.82) is 0 Å². The molecule has 1 heterocycles. The van der Waals surface area contributed by atoms with Crippen molar-refractivity contribution < 1.29 is 18.3 Å². The normalized spacial score (nSPS) is 10.8. The molecular weight excluding hydrogens is 331 g/mol. The van der Waals surface area contributed by atoms with Crippen LogP contribution in [0.2, 0.25) is 5.02 Å². The van der Waals surface area contributed by atoms with Gasteiger partial charge in [-0.2, -0.15) is 0 Å². The van der Waals surface area contributed by atoms with Gasteiger partial charge in [0.15, 0.2) is 0 Å². The first kappa shape index (κ1) is 15.3. The van der Waals surface area contributed by atoms with E-state index in [4.69, 9.17) is 16.3 Å². The van der Waals surface area contributed by atoms with Gasteiger partial charge in [0.25, 0.3) is 6.43 Å². The lowest BCUT2D eigenvalue weighted by Crippen LogP contribution is -2.12. The van der Waals surface area contributed by atoms with Gasteiger partial charge in [-0.3, -0.25) is 9.78 Å². The van der Waals surface area contributed by atoms with Crippen molar-refractivity contribution >= 4 is 33.5 Å². The van der Waals surface area contributed by atoms with Gasteiger partial charge in [-0.25, -0.2) is 8.78 Å². The molecule has 0 saturated carbocycles. The molecule has 3 nitrogen and oxygen atoms in total. The van der Waals surface area contributed by atoms with Crippen molar-refractivity contribution in [2.45, 2.75) is 25.1 Å². The molecular formula is C11H11BrClF2NO2. The Morgan fingerprint density at radius 1 is 1.61 bits per heavy atom. The van der Waals surface area contributed by atoms with Gasteiger partial charge >= 0.3 is 5.97 Å². The summed E-state index contributed by atoms with van der Waals surface area (Å²) in [4.78, 5) is 15.2. The summed E-state index contributed by atoms with van der Waals surface area (Å²) in [6, 6.07) is 0. The summed E-state index contributed by atoms with van der Waals surface area (Å²) in [5, 5.41) is 0.211. The highest BCUT2D eigenvalue weighted by atomic mass is 79.9. The Morgan fingerprint density at radius 2 is 2.28 bits per heavy atom. The largest absolute Gasteiger partial charge is 0.466 e. The monoisotopic (exact) mass is 341 g/mol. The highest BCUT2D eigenvalue weighted by molar-refractivity contribution is 9.08. The van der Waals surface area contributed by atoms with E-state index in [1.54, 1.807) is 6.92 Å². The van der Waals surface area contributed by atoms with Crippen LogP contribution in [0.4, 0.5) is 8.78 Å². The number of hydrogen-bond donors (Lipinski definition) is 0. The van der Waals surface area contributed by atoms with Gasteiger partial charge in [-0.05, 0) is 12.5 Å². The zero-order valence-corrected chi connectivity index (χ0v) is 11.9. The minimum atomic E-state index is -2.74. The maximum atomic E-state index is 13.0. The van der Waals surface area contributed by atoms with Crippen LogP contribution in [-0.4, -0.2) is 17.6 Å². The number of nitrogens with zero attached hydrogens (tertiary/aromatic N) is 1. The molecule has 0 aliphatic carbocycles. The van der Waals surface area contributed by atoms with E-state index in [0.717, 1.165) is 0 Å². The number of esters is 1. The molecule has 0 amide bonds. The molecule has 0 N–H and O–H groups in total. The molecule has 0 aliphatic heterocycles. The summed E-state index contributed by atoms with van der Waals surface area (Å²) < 4.78 is 30.8. The molecule has 0 fully saturated rings. The van der Waals surface area contributed by atoms with E-state index >= 15 is 0 Å². The molecule has 18 heavy (non-hydrogen) atoms. The number of carbonyl (C=O) groups is 1. The van der Waals surface area contributed by atoms with Gasteiger partial charge in [-0.1, -0.05) is 27.5 Å². The van der Waals surface area contributed by atoms with Gasteiger partial charge in [0.05, 0.1) is 23.7 Å². The van der Waals surface area contributed by atoms with E-state index in [9.17, 15) is 13.6 Å². The van der Waals surface area contributed by atoms with E-state index in [1.807, 2.05) is 0 Å². The quantitative estimate of drug-likeness (QED) is 0.605. The molecule has 1 rings (SSSR count). The first-order valence-electron chi connectivity index (χ1n) is 5.17. The predicted molar refractivity (Wildman–Crippen MR) is 67.2 cm³/mol. The summed E-state index contributed by atoms with van der Waals surface area (Å²) >= 11 is 8.90. The summed E-state index contributed by atoms with van der Waals surface area (Å²) in [7, 11) is 0. The first-order chi connectivity index (χ1) is 8.51. The highest BCUT2D eigenvalue weighted by Gasteiger charge is 2.23. The maximum Gasteiger partial charge on any atom is 0.310 e. The van der Waals surface area contributed by atoms with Crippen LogP contribution in [0.15, 0.2) is 6.20 Å². The van der Waals surface area contributed by atoms with E-state index in [-0.39, 0.29) is 40.2 Å². The fraction of sp³-hybridized carbons (Fsp3) is 0.455. The van der Waals surface area contributed by atoms with E-state index in [2.05, 4.69) is 20.9 Å². The van der Waals surface area contributed by atoms with E-state index in [1.165, 1.54) is 6.20 Å². The van der Waals surface area contributed by atoms with Crippen molar-refractivity contribution in [2.75, 3.05) is 6.61 Å². The van der Waals surface area contributed by atoms with Gasteiger partial charge in [0.1, 0.15) is 0 Å². The van der Waals surface area contributed by atoms with Crippen LogP contribution in [0.25, 0.3) is 0 Å². The third-order valence-corrected chi connectivity index (χ3v) is 3.09. The maximum absolute atomic E-state index is 13.0. The number of hydrogen-bond acceptors (Lipinski definition) is 3. The van der Waals surface area contributed by atoms with Crippen LogP contribution in [0, 0.1) is 0 Å². The van der Waals surface area contributed by atoms with Crippen molar-refractivity contribution in [2.24, 2.45) is 0 Å². The smallest absolute Gasteiger partial charge is 0.310 e. The van der Waals surface area contributed by atoms with Crippen LogP contribution >= 0.6 is 27.5 Å². The molecule has 7 heteroatoms. The topological polar surface area (TPSA) is 39.2 Å². The van der Waals surface area contributed by atoms with Crippen molar-refractivity contribution in [3.8, 4) is 0 Å². The average Bonchev–Trinajstić information content (AvgIpc) is 2.31. The minimum absolute atomic E-state index is 0.0445. The standard InChI is InChI=1S/C11H11BrClF2NO2/c1-2-18-9(17)3-6-7(13)5-16-8(4-12)10(6)11(14)15/h5,11H,2-4H2,1H3. The average molecular weight is 343 g/mol. The number of pyridine rings is 1. The molecule has 0 unspecified atom stereocenters. The molecule has 0 spiro atoms.